The van der Waals surface area contributed by atoms with Gasteiger partial charge in [-0.1, -0.05) is 39.8 Å². The number of hydrogen-bond donors (Lipinski definition) is 1. The van der Waals surface area contributed by atoms with Crippen LogP contribution >= 0.6 is 0 Å². The first-order valence-electron chi connectivity index (χ1n) is 13.6. The number of anilines is 1. The molecule has 1 N–H and O–H groups in total. The van der Waals surface area contributed by atoms with Crippen LogP contribution in [0.15, 0.2) is 72.3 Å². The second kappa shape index (κ2) is 12.3. The summed E-state index contributed by atoms with van der Waals surface area (Å²) >= 11 is 0. The Hall–Kier alpha value is -4.26. The lowest BCUT2D eigenvalue weighted by molar-refractivity contribution is -0.132. The maximum Gasteiger partial charge on any atom is 0.300 e. The summed E-state index contributed by atoms with van der Waals surface area (Å²) in [6, 6.07) is 18.7. The zero-order chi connectivity index (χ0) is 29.0. The van der Waals surface area contributed by atoms with Gasteiger partial charge >= 0.3 is 0 Å². The van der Waals surface area contributed by atoms with E-state index in [1.807, 2.05) is 26.8 Å². The highest BCUT2D eigenvalue weighted by Crippen LogP contribution is 2.43. The van der Waals surface area contributed by atoms with Crippen LogP contribution in [-0.2, 0) is 9.59 Å². The number of ether oxygens (including phenoxy) is 3. The third-order valence-electron chi connectivity index (χ3n) is 6.78. The van der Waals surface area contributed by atoms with Crippen LogP contribution in [0.3, 0.4) is 0 Å². The molecule has 1 aliphatic rings. The molecule has 210 valence electrons. The van der Waals surface area contributed by atoms with E-state index in [9.17, 15) is 14.7 Å². The second-order valence-corrected chi connectivity index (χ2v) is 10.5. The van der Waals surface area contributed by atoms with Crippen LogP contribution < -0.4 is 19.1 Å². The summed E-state index contributed by atoms with van der Waals surface area (Å²) in [5.74, 6) is 0.819. The van der Waals surface area contributed by atoms with Crippen molar-refractivity contribution in [1.82, 2.24) is 0 Å². The molecule has 1 fully saturated rings. The van der Waals surface area contributed by atoms with E-state index in [2.05, 4.69) is 13.8 Å². The summed E-state index contributed by atoms with van der Waals surface area (Å²) in [6.45, 7) is 11.2. The van der Waals surface area contributed by atoms with E-state index in [1.165, 1.54) is 4.90 Å². The normalized spacial score (nSPS) is 16.6. The molecule has 3 aromatic rings. The topological polar surface area (TPSA) is 85.3 Å². The molecular formula is C33H37NO6. The lowest BCUT2D eigenvalue weighted by Gasteiger charge is -2.26. The minimum Gasteiger partial charge on any atom is -0.507 e. The van der Waals surface area contributed by atoms with Crippen LogP contribution in [0.4, 0.5) is 5.69 Å². The quantitative estimate of drug-likeness (QED) is 0.170. The number of nitrogens with zero attached hydrogens (tertiary/aromatic N) is 1. The predicted molar refractivity (Wildman–Crippen MR) is 156 cm³/mol. The Labute approximate surface area is 236 Å². The number of aliphatic hydroxyl groups is 1. The molecule has 0 saturated carbocycles. The summed E-state index contributed by atoms with van der Waals surface area (Å²) in [4.78, 5) is 28.5. The highest BCUT2D eigenvalue weighted by atomic mass is 16.5. The van der Waals surface area contributed by atoms with Crippen LogP contribution in [0, 0.1) is 5.92 Å². The molecule has 1 heterocycles. The molecule has 0 radical (unpaired) electrons. The summed E-state index contributed by atoms with van der Waals surface area (Å²) in [7, 11) is 1.57. The molecule has 0 aromatic heterocycles. The monoisotopic (exact) mass is 543 g/mol. The standard InChI is InChI=1S/C33H37NO6/c1-7-39-28-17-10-23(18-27(28)21(4)5)31(35)29-30(22-8-13-25(38-6)14-9-22)34(33(37)32(29)36)24-11-15-26(16-12-24)40-19-20(2)3/h8-18,20-21,30,35H,7,19H2,1-6H3/b31-29-. The van der Waals surface area contributed by atoms with Crippen molar-refractivity contribution in [3.05, 3.63) is 89.0 Å². The average Bonchev–Trinajstić information content (AvgIpc) is 3.22. The molecule has 1 aliphatic heterocycles. The number of methoxy groups -OCH3 is 1. The Morgan fingerprint density at radius 3 is 2.12 bits per heavy atom. The minimum atomic E-state index is -0.845. The number of hydrogen-bond acceptors (Lipinski definition) is 6. The van der Waals surface area contributed by atoms with E-state index in [1.54, 1.807) is 67.8 Å². The van der Waals surface area contributed by atoms with Crippen molar-refractivity contribution < 1.29 is 28.9 Å². The van der Waals surface area contributed by atoms with E-state index >= 15 is 0 Å². The molecule has 1 atom stereocenters. The molecule has 7 nitrogen and oxygen atoms in total. The molecule has 4 rings (SSSR count). The lowest BCUT2D eigenvalue weighted by Crippen LogP contribution is -2.29. The van der Waals surface area contributed by atoms with Crippen molar-refractivity contribution in [1.29, 1.82) is 0 Å². The Morgan fingerprint density at radius 1 is 0.900 bits per heavy atom. The lowest BCUT2D eigenvalue weighted by atomic mass is 9.93. The second-order valence-electron chi connectivity index (χ2n) is 10.5. The molecule has 0 aliphatic carbocycles. The van der Waals surface area contributed by atoms with Crippen molar-refractivity contribution in [3.63, 3.8) is 0 Å². The van der Waals surface area contributed by atoms with Gasteiger partial charge in [-0.05, 0) is 84.5 Å². The van der Waals surface area contributed by atoms with Gasteiger partial charge in [-0.3, -0.25) is 14.5 Å². The van der Waals surface area contributed by atoms with Gasteiger partial charge < -0.3 is 19.3 Å². The van der Waals surface area contributed by atoms with Gasteiger partial charge in [0.25, 0.3) is 11.7 Å². The fourth-order valence-electron chi connectivity index (χ4n) is 4.76. The zero-order valence-electron chi connectivity index (χ0n) is 23.9. The van der Waals surface area contributed by atoms with Gasteiger partial charge in [-0.15, -0.1) is 0 Å². The minimum absolute atomic E-state index is 0.0224. The van der Waals surface area contributed by atoms with Gasteiger partial charge in [0.15, 0.2) is 0 Å². The number of amides is 1. The molecule has 0 spiro atoms. The van der Waals surface area contributed by atoms with Crippen molar-refractivity contribution >= 4 is 23.1 Å². The molecule has 1 amide bonds. The van der Waals surface area contributed by atoms with Crippen molar-refractivity contribution in [3.8, 4) is 17.2 Å². The number of Topliss-reactive ketones (excluding diaryl/α,β-unsaturated/α-hetero) is 1. The Balaban J connectivity index is 1.84. The highest BCUT2D eigenvalue weighted by Gasteiger charge is 2.47. The van der Waals surface area contributed by atoms with Gasteiger partial charge in [0.1, 0.15) is 23.0 Å². The molecule has 40 heavy (non-hydrogen) atoms. The van der Waals surface area contributed by atoms with Gasteiger partial charge in [0.05, 0.1) is 31.9 Å². The van der Waals surface area contributed by atoms with Crippen LogP contribution in [-0.4, -0.2) is 37.1 Å². The predicted octanol–water partition coefficient (Wildman–Crippen LogP) is 6.88. The Kier molecular flexibility index (Phi) is 8.83. The summed E-state index contributed by atoms with van der Waals surface area (Å²) in [5, 5.41) is 11.6. The first-order chi connectivity index (χ1) is 19.2. The highest BCUT2D eigenvalue weighted by molar-refractivity contribution is 6.51. The van der Waals surface area contributed by atoms with Crippen LogP contribution in [0.2, 0.25) is 0 Å². The van der Waals surface area contributed by atoms with Crippen LogP contribution in [0.25, 0.3) is 5.76 Å². The van der Waals surface area contributed by atoms with Crippen molar-refractivity contribution in [2.24, 2.45) is 5.92 Å². The average molecular weight is 544 g/mol. The fraction of sp³-hybridized carbons (Fsp3) is 0.333. The number of rotatable bonds is 10. The Morgan fingerprint density at radius 2 is 1.55 bits per heavy atom. The molecule has 3 aromatic carbocycles. The number of carbonyl (C=O) groups is 2. The van der Waals surface area contributed by atoms with E-state index in [-0.39, 0.29) is 17.3 Å². The summed E-state index contributed by atoms with van der Waals surface area (Å²) in [5.41, 5.74) is 2.55. The van der Waals surface area contributed by atoms with Crippen LogP contribution in [0.5, 0.6) is 17.2 Å². The van der Waals surface area contributed by atoms with E-state index in [0.29, 0.717) is 47.4 Å². The zero-order valence-corrected chi connectivity index (χ0v) is 23.9. The Bertz CT molecular complexity index is 1390. The molecule has 1 unspecified atom stereocenters. The molecule has 1 saturated heterocycles. The number of benzene rings is 3. The molecular weight excluding hydrogens is 506 g/mol. The largest absolute Gasteiger partial charge is 0.507 e. The fourth-order valence-corrected chi connectivity index (χ4v) is 4.76. The SMILES string of the molecule is CCOc1ccc(/C(O)=C2/C(=O)C(=O)N(c3ccc(OCC(C)C)cc3)C2c2ccc(OC)cc2)cc1C(C)C. The van der Waals surface area contributed by atoms with Crippen molar-refractivity contribution in [2.45, 2.75) is 46.6 Å². The van der Waals surface area contributed by atoms with Gasteiger partial charge in [0.2, 0.25) is 0 Å². The maximum absolute atomic E-state index is 13.6. The van der Waals surface area contributed by atoms with Gasteiger partial charge in [0, 0.05) is 11.3 Å². The van der Waals surface area contributed by atoms with E-state index < -0.39 is 17.7 Å². The van der Waals surface area contributed by atoms with Crippen molar-refractivity contribution in [2.75, 3.05) is 25.2 Å². The molecule has 0 bridgehead atoms. The smallest absolute Gasteiger partial charge is 0.300 e. The summed E-state index contributed by atoms with van der Waals surface area (Å²) < 4.78 is 16.9. The summed E-state index contributed by atoms with van der Waals surface area (Å²) in [6.07, 6.45) is 0. The number of aliphatic hydroxyl groups excluding tert-OH is 1. The van der Waals surface area contributed by atoms with E-state index in [4.69, 9.17) is 14.2 Å². The van der Waals surface area contributed by atoms with Crippen LogP contribution in [0.1, 0.15) is 63.3 Å². The van der Waals surface area contributed by atoms with Gasteiger partial charge in [-0.2, -0.15) is 0 Å². The number of carbonyl (C=O) groups excluding carboxylic acids is 2. The third-order valence-corrected chi connectivity index (χ3v) is 6.78. The first-order valence-corrected chi connectivity index (χ1v) is 13.6. The third kappa shape index (κ3) is 5.83. The molecule has 7 heteroatoms. The maximum atomic E-state index is 13.6. The number of ketones is 1. The van der Waals surface area contributed by atoms with E-state index in [0.717, 1.165) is 11.3 Å². The van der Waals surface area contributed by atoms with Gasteiger partial charge in [-0.25, -0.2) is 0 Å². The first kappa shape index (κ1) is 28.7.